The number of ether oxygens (including phenoxy) is 1. The zero-order valence-electron chi connectivity index (χ0n) is 9.46. The van der Waals surface area contributed by atoms with E-state index in [0.29, 0.717) is 12.5 Å². The molecule has 1 aromatic rings. The van der Waals surface area contributed by atoms with Gasteiger partial charge in [0, 0.05) is 11.1 Å². The summed E-state index contributed by atoms with van der Waals surface area (Å²) in [6.07, 6.45) is 1.61. The number of aliphatic carboxylic acids is 1. The fourth-order valence-electron chi connectivity index (χ4n) is 1.57. The fraction of sp³-hybridized carbons (Fsp3) is 0.231. The molecule has 1 N–H and O–H groups in total. The van der Waals surface area contributed by atoms with Crippen LogP contribution in [0, 0.1) is 0 Å². The third kappa shape index (κ3) is 2.72. The van der Waals surface area contributed by atoms with Crippen LogP contribution in [0.4, 0.5) is 0 Å². The van der Waals surface area contributed by atoms with Gasteiger partial charge in [-0.15, -0.1) is 0 Å². The van der Waals surface area contributed by atoms with E-state index in [1.165, 1.54) is 0 Å². The molecule has 1 aromatic carbocycles. The molecule has 1 heterocycles. The van der Waals surface area contributed by atoms with Crippen LogP contribution in [-0.2, 0) is 9.53 Å². The molecule has 17 heavy (non-hydrogen) atoms. The third-order valence-electron chi connectivity index (χ3n) is 2.47. The Kier molecular flexibility index (Phi) is 3.23. The Morgan fingerprint density at radius 3 is 2.82 bits per heavy atom. The van der Waals surface area contributed by atoms with Crippen LogP contribution in [0.15, 0.2) is 47.0 Å². The Hall–Kier alpha value is -2.10. The van der Waals surface area contributed by atoms with Crippen LogP contribution < -0.4 is 0 Å². The normalized spacial score (nSPS) is 19.7. The van der Waals surface area contributed by atoms with Crippen LogP contribution in [0.2, 0.25) is 0 Å². The van der Waals surface area contributed by atoms with Crippen molar-refractivity contribution in [3.05, 3.63) is 47.5 Å². The van der Waals surface area contributed by atoms with Crippen LogP contribution in [-0.4, -0.2) is 29.6 Å². The van der Waals surface area contributed by atoms with E-state index in [-0.39, 0.29) is 11.6 Å². The van der Waals surface area contributed by atoms with Gasteiger partial charge in [0.25, 0.3) is 0 Å². The molecule has 1 aliphatic rings. The average molecular weight is 231 g/mol. The topological polar surface area (TPSA) is 58.9 Å². The van der Waals surface area contributed by atoms with Gasteiger partial charge in [-0.05, 0) is 25.1 Å². The molecule has 0 aliphatic carbocycles. The summed E-state index contributed by atoms with van der Waals surface area (Å²) in [6, 6.07) is 9.36. The molecule has 0 saturated heterocycles. The number of carboxylic acids is 1. The molecule has 1 atom stereocenters. The number of rotatable bonds is 3. The molecule has 4 heteroatoms. The molecular weight excluding hydrogens is 218 g/mol. The summed E-state index contributed by atoms with van der Waals surface area (Å²) in [6.45, 7) is 1.95. The highest BCUT2D eigenvalue weighted by Gasteiger charge is 2.18. The predicted molar refractivity (Wildman–Crippen MR) is 64.1 cm³/mol. The quantitative estimate of drug-likeness (QED) is 0.808. The maximum absolute atomic E-state index is 10.7. The van der Waals surface area contributed by atoms with E-state index in [4.69, 9.17) is 9.84 Å². The minimum Gasteiger partial charge on any atom is -0.478 e. The number of carbonyl (C=O) groups is 1. The predicted octanol–water partition coefficient (Wildman–Crippen LogP) is 1.86. The minimum atomic E-state index is -0.923. The van der Waals surface area contributed by atoms with Gasteiger partial charge in [0.2, 0.25) is 5.90 Å². The Morgan fingerprint density at radius 1 is 1.47 bits per heavy atom. The summed E-state index contributed by atoms with van der Waals surface area (Å²) >= 11 is 0. The molecule has 0 radical (unpaired) electrons. The summed E-state index contributed by atoms with van der Waals surface area (Å²) in [5.74, 6) is -0.349. The van der Waals surface area contributed by atoms with Gasteiger partial charge in [0.15, 0.2) is 0 Å². The van der Waals surface area contributed by atoms with Crippen LogP contribution in [0.3, 0.4) is 0 Å². The third-order valence-corrected chi connectivity index (χ3v) is 2.47. The molecule has 0 saturated carbocycles. The second-order valence-electron chi connectivity index (χ2n) is 3.83. The molecule has 0 unspecified atom stereocenters. The lowest BCUT2D eigenvalue weighted by Gasteiger charge is -1.99. The summed E-state index contributed by atoms with van der Waals surface area (Å²) in [5.41, 5.74) is 1.20. The van der Waals surface area contributed by atoms with Crippen LogP contribution in [0.25, 0.3) is 0 Å². The highest BCUT2D eigenvalue weighted by molar-refractivity contribution is 5.95. The van der Waals surface area contributed by atoms with Crippen molar-refractivity contribution in [2.75, 3.05) is 6.61 Å². The molecule has 0 amide bonds. The smallest absolute Gasteiger partial charge is 0.331 e. The van der Waals surface area contributed by atoms with E-state index >= 15 is 0 Å². The lowest BCUT2D eigenvalue weighted by molar-refractivity contribution is -0.132. The van der Waals surface area contributed by atoms with Crippen molar-refractivity contribution in [2.45, 2.75) is 13.0 Å². The van der Waals surface area contributed by atoms with E-state index < -0.39 is 5.97 Å². The maximum atomic E-state index is 10.7. The Morgan fingerprint density at radius 2 is 2.18 bits per heavy atom. The maximum Gasteiger partial charge on any atom is 0.331 e. The first-order valence-electron chi connectivity index (χ1n) is 5.34. The molecule has 1 aliphatic heterocycles. The van der Waals surface area contributed by atoms with Gasteiger partial charge in [0.05, 0.1) is 0 Å². The van der Waals surface area contributed by atoms with Crippen molar-refractivity contribution < 1.29 is 14.6 Å². The Bertz CT molecular complexity index is 477. The van der Waals surface area contributed by atoms with E-state index in [1.807, 2.05) is 30.3 Å². The first kappa shape index (κ1) is 11.4. The zero-order chi connectivity index (χ0) is 12.3. The van der Waals surface area contributed by atoms with Crippen LogP contribution >= 0.6 is 0 Å². The average Bonchev–Trinajstić information content (AvgIpc) is 2.78. The summed E-state index contributed by atoms with van der Waals surface area (Å²) in [5, 5.41) is 8.77. The fourth-order valence-corrected chi connectivity index (χ4v) is 1.57. The second kappa shape index (κ2) is 4.82. The van der Waals surface area contributed by atoms with Crippen molar-refractivity contribution in [1.82, 2.24) is 0 Å². The van der Waals surface area contributed by atoms with Crippen molar-refractivity contribution in [2.24, 2.45) is 4.99 Å². The van der Waals surface area contributed by atoms with E-state index in [9.17, 15) is 4.79 Å². The van der Waals surface area contributed by atoms with Gasteiger partial charge in [-0.3, -0.25) is 0 Å². The largest absolute Gasteiger partial charge is 0.478 e. The molecule has 0 fully saturated rings. The Balaban J connectivity index is 2.15. The zero-order valence-corrected chi connectivity index (χ0v) is 9.46. The lowest BCUT2D eigenvalue weighted by atomic mass is 10.2. The first-order valence-corrected chi connectivity index (χ1v) is 5.34. The second-order valence-corrected chi connectivity index (χ2v) is 3.83. The van der Waals surface area contributed by atoms with Gasteiger partial charge < -0.3 is 9.84 Å². The highest BCUT2D eigenvalue weighted by Crippen LogP contribution is 2.13. The van der Waals surface area contributed by atoms with E-state index in [0.717, 1.165) is 5.56 Å². The van der Waals surface area contributed by atoms with Gasteiger partial charge in [-0.25, -0.2) is 9.79 Å². The van der Waals surface area contributed by atoms with Gasteiger partial charge in [-0.2, -0.15) is 0 Å². The number of benzene rings is 1. The number of hydrogen-bond donors (Lipinski definition) is 1. The Labute approximate surface area is 99.3 Å². The summed E-state index contributed by atoms with van der Waals surface area (Å²) in [7, 11) is 0. The van der Waals surface area contributed by atoms with Crippen LogP contribution in [0.5, 0.6) is 0 Å². The minimum absolute atomic E-state index is 0.207. The number of hydrogen-bond acceptors (Lipinski definition) is 3. The molecular formula is C13H13NO3. The van der Waals surface area contributed by atoms with Crippen LogP contribution in [0.1, 0.15) is 12.5 Å². The monoisotopic (exact) mass is 231 g/mol. The molecule has 88 valence electrons. The summed E-state index contributed by atoms with van der Waals surface area (Å²) in [4.78, 5) is 15.0. The standard InChI is InChI=1S/C13H13NO3/c1-9(13(15)16)7-11-8-17-12(14-11)10-5-3-2-4-6-10/h2-7,11H,8H2,1H3,(H,15,16)/t11-/m0/s1. The van der Waals surface area contributed by atoms with Crippen molar-refractivity contribution in [3.8, 4) is 0 Å². The molecule has 0 bridgehead atoms. The van der Waals surface area contributed by atoms with E-state index in [1.54, 1.807) is 13.0 Å². The number of aliphatic imine (C=N–C) groups is 1. The lowest BCUT2D eigenvalue weighted by Crippen LogP contribution is -2.06. The van der Waals surface area contributed by atoms with E-state index in [2.05, 4.69) is 4.99 Å². The molecule has 2 rings (SSSR count). The molecule has 0 aromatic heterocycles. The first-order chi connectivity index (χ1) is 8.16. The molecule has 4 nitrogen and oxygen atoms in total. The van der Waals surface area contributed by atoms with Crippen molar-refractivity contribution >= 4 is 11.9 Å². The van der Waals surface area contributed by atoms with Crippen molar-refractivity contribution in [1.29, 1.82) is 0 Å². The van der Waals surface area contributed by atoms with Gasteiger partial charge in [-0.1, -0.05) is 18.2 Å². The molecule has 0 spiro atoms. The van der Waals surface area contributed by atoms with Gasteiger partial charge >= 0.3 is 5.97 Å². The van der Waals surface area contributed by atoms with Crippen molar-refractivity contribution in [3.63, 3.8) is 0 Å². The summed E-state index contributed by atoms with van der Waals surface area (Å²) < 4.78 is 5.44. The highest BCUT2D eigenvalue weighted by atomic mass is 16.5. The SMILES string of the molecule is CC(=C[C@H]1COC(c2ccccc2)=N1)C(=O)O. The van der Waals surface area contributed by atoms with Gasteiger partial charge in [0.1, 0.15) is 12.6 Å². The number of carboxylic acid groups (broad SMARTS) is 1. The number of nitrogens with zero attached hydrogens (tertiary/aromatic N) is 1.